The first kappa shape index (κ1) is 22.0. The Labute approximate surface area is 194 Å². The van der Waals surface area contributed by atoms with Crippen molar-refractivity contribution in [3.63, 3.8) is 0 Å². The summed E-state index contributed by atoms with van der Waals surface area (Å²) in [4.78, 5) is 14.6. The van der Waals surface area contributed by atoms with Crippen molar-refractivity contribution >= 4 is 23.8 Å². The highest BCUT2D eigenvalue weighted by Crippen LogP contribution is 2.56. The van der Waals surface area contributed by atoms with E-state index in [1.165, 1.54) is 6.20 Å². The Morgan fingerprint density at radius 2 is 2.15 bits per heavy atom. The summed E-state index contributed by atoms with van der Waals surface area (Å²) in [6, 6.07) is 1.90. The van der Waals surface area contributed by atoms with E-state index in [2.05, 4.69) is 30.8 Å². The van der Waals surface area contributed by atoms with Crippen molar-refractivity contribution in [2.45, 2.75) is 38.5 Å². The van der Waals surface area contributed by atoms with Crippen LogP contribution in [0.4, 0.5) is 19.1 Å². The zero-order valence-corrected chi connectivity index (χ0v) is 18.6. The molecule has 1 atom stereocenters. The lowest BCUT2D eigenvalue weighted by Crippen LogP contribution is -2.54. The molecule has 1 aliphatic carbocycles. The number of fused-ring (bicyclic) bond motifs is 3. The van der Waals surface area contributed by atoms with Crippen LogP contribution in [0.3, 0.4) is 0 Å². The lowest BCUT2D eigenvalue weighted by atomic mass is 9.66. The van der Waals surface area contributed by atoms with Crippen molar-refractivity contribution in [3.8, 4) is 11.3 Å². The van der Waals surface area contributed by atoms with Gasteiger partial charge in [-0.25, -0.2) is 9.97 Å². The Morgan fingerprint density at radius 3 is 2.79 bits per heavy atom. The lowest BCUT2D eigenvalue weighted by molar-refractivity contribution is -0.222. The minimum absolute atomic E-state index is 0.0329. The highest BCUT2D eigenvalue weighted by molar-refractivity contribution is 6.02. The molecule has 1 unspecified atom stereocenters. The molecule has 1 fully saturated rings. The van der Waals surface area contributed by atoms with Crippen molar-refractivity contribution in [3.05, 3.63) is 48.2 Å². The molecule has 5 rings (SSSR count). The third-order valence-electron chi connectivity index (χ3n) is 6.52. The molecule has 0 aromatic carbocycles. The largest absolute Gasteiger partial charge is 0.404 e. The van der Waals surface area contributed by atoms with Gasteiger partial charge in [-0.2, -0.15) is 18.3 Å². The topological polar surface area (TPSA) is 109 Å². The van der Waals surface area contributed by atoms with E-state index in [0.717, 1.165) is 16.8 Å². The minimum atomic E-state index is -4.35. The van der Waals surface area contributed by atoms with E-state index in [4.69, 9.17) is 5.73 Å². The molecule has 34 heavy (non-hydrogen) atoms. The minimum Gasteiger partial charge on any atom is -0.404 e. The second kappa shape index (κ2) is 7.89. The smallest absolute Gasteiger partial charge is 0.401 e. The molecule has 9 nitrogen and oxygen atoms in total. The maximum atomic E-state index is 13.9. The Morgan fingerprint density at radius 1 is 1.35 bits per heavy atom. The second-order valence-electron chi connectivity index (χ2n) is 8.48. The summed E-state index contributed by atoms with van der Waals surface area (Å²) in [6.45, 7) is 1.89. The number of hydrazone groups is 1. The molecule has 0 amide bonds. The van der Waals surface area contributed by atoms with Crippen molar-refractivity contribution in [2.24, 2.45) is 21.2 Å². The number of aromatic nitrogens is 3. The predicted molar refractivity (Wildman–Crippen MR) is 123 cm³/mol. The highest BCUT2D eigenvalue weighted by Gasteiger charge is 2.64. The third kappa shape index (κ3) is 3.32. The number of aryl methyl sites for hydroxylation is 1. The predicted octanol–water partition coefficient (Wildman–Crippen LogP) is 3.56. The quantitative estimate of drug-likeness (QED) is 0.465. The Balaban J connectivity index is 1.45. The van der Waals surface area contributed by atoms with Crippen LogP contribution in [-0.4, -0.2) is 44.3 Å². The Kier molecular flexibility index (Phi) is 5.10. The summed E-state index contributed by atoms with van der Waals surface area (Å²) in [5, 5.41) is 7.17. The molecule has 2 aromatic heterocycles. The molecule has 2 aromatic rings. The van der Waals surface area contributed by atoms with Gasteiger partial charge >= 0.3 is 6.18 Å². The first-order valence-corrected chi connectivity index (χ1v) is 10.8. The molecular formula is C22H24F3N9. The van der Waals surface area contributed by atoms with E-state index >= 15 is 0 Å². The number of halogens is 3. The van der Waals surface area contributed by atoms with Crippen LogP contribution in [0, 0.1) is 12.3 Å². The first-order valence-electron chi connectivity index (χ1n) is 10.8. The van der Waals surface area contributed by atoms with E-state index in [0.29, 0.717) is 23.9 Å². The number of hydrogen-bond donors (Lipinski definition) is 3. The fourth-order valence-corrected chi connectivity index (χ4v) is 4.54. The number of nitrogens with two attached hydrogens (primary N) is 1. The second-order valence-corrected chi connectivity index (χ2v) is 8.48. The van der Waals surface area contributed by atoms with Gasteiger partial charge in [0.15, 0.2) is 6.17 Å². The van der Waals surface area contributed by atoms with Crippen LogP contribution in [0.25, 0.3) is 17.5 Å². The average Bonchev–Trinajstić information content (AvgIpc) is 3.37. The number of anilines is 1. The van der Waals surface area contributed by atoms with Crippen LogP contribution in [0.15, 0.2) is 47.0 Å². The molecular weight excluding hydrogens is 447 g/mol. The van der Waals surface area contributed by atoms with Gasteiger partial charge in [0.2, 0.25) is 5.95 Å². The highest BCUT2D eigenvalue weighted by atomic mass is 19.4. The molecule has 3 aliphatic rings. The molecule has 4 N–H and O–H groups in total. The van der Waals surface area contributed by atoms with Crippen molar-refractivity contribution in [2.75, 3.05) is 12.4 Å². The van der Waals surface area contributed by atoms with E-state index in [1.54, 1.807) is 36.6 Å². The zero-order valence-electron chi connectivity index (χ0n) is 18.6. The van der Waals surface area contributed by atoms with Gasteiger partial charge in [-0.3, -0.25) is 10.4 Å². The van der Waals surface area contributed by atoms with Crippen LogP contribution in [0.2, 0.25) is 0 Å². The number of aliphatic imine (C=N–C) groups is 1. The van der Waals surface area contributed by atoms with E-state index in [1.807, 2.05) is 23.8 Å². The molecule has 2 aliphatic heterocycles. The number of amidine groups is 2. The van der Waals surface area contributed by atoms with Crippen LogP contribution in [-0.2, 0) is 0 Å². The zero-order chi connectivity index (χ0) is 24.1. The van der Waals surface area contributed by atoms with Gasteiger partial charge in [-0.1, -0.05) is 6.42 Å². The summed E-state index contributed by atoms with van der Waals surface area (Å²) in [5.74, 6) is 0.884. The summed E-state index contributed by atoms with van der Waals surface area (Å²) in [6.07, 6.45) is 5.70. The standard InChI is InChI=1S/C22H24F3N9/c1-13-11-28-20(29-16(27-2)4-7-26)30-17(13)14-10-15-18-31-32-19(34(18)9-8-33(15)12-14)21(5-3-6-21)22(23,24)25/h4,7-12,18,31H,3,5-6,26H2,1-2H3,(H,27,28,29,30). The van der Waals surface area contributed by atoms with E-state index in [9.17, 15) is 13.2 Å². The van der Waals surface area contributed by atoms with Gasteiger partial charge in [0.25, 0.3) is 0 Å². The number of nitrogens with zero attached hydrogens (tertiary/aromatic N) is 6. The SMILES string of the molecule is CN=C(C=CN)Nc1ncc(C)c(-c2cc3n(c2)C=CN2C(C4(C(F)(F)F)CCC4)=NNC32)n1. The van der Waals surface area contributed by atoms with Gasteiger partial charge in [0, 0.05) is 37.4 Å². The molecule has 0 bridgehead atoms. The molecule has 4 heterocycles. The van der Waals surface area contributed by atoms with E-state index < -0.39 is 17.8 Å². The number of hydrogen-bond acceptors (Lipinski definition) is 7. The van der Waals surface area contributed by atoms with Crippen LogP contribution in [0.1, 0.15) is 36.7 Å². The van der Waals surface area contributed by atoms with Gasteiger partial charge < -0.3 is 20.5 Å². The number of alkyl halides is 3. The van der Waals surface area contributed by atoms with Crippen molar-refractivity contribution in [1.82, 2.24) is 24.9 Å². The normalized spacial score (nSPS) is 21.1. The Bertz CT molecular complexity index is 1230. The molecule has 0 spiro atoms. The van der Waals surface area contributed by atoms with Crippen molar-refractivity contribution in [1.29, 1.82) is 0 Å². The third-order valence-corrected chi connectivity index (χ3v) is 6.52. The maximum Gasteiger partial charge on any atom is 0.401 e. The number of rotatable bonds is 4. The van der Waals surface area contributed by atoms with Crippen molar-refractivity contribution < 1.29 is 13.2 Å². The fraction of sp³-hybridized carbons (Fsp3) is 0.364. The van der Waals surface area contributed by atoms with Gasteiger partial charge in [0.05, 0.1) is 11.4 Å². The first-order chi connectivity index (χ1) is 16.3. The van der Waals surface area contributed by atoms with Crippen LogP contribution >= 0.6 is 0 Å². The molecule has 0 saturated heterocycles. The summed E-state index contributed by atoms with van der Waals surface area (Å²) >= 11 is 0. The van der Waals surface area contributed by atoms with Gasteiger partial charge in [-0.15, -0.1) is 0 Å². The molecule has 1 saturated carbocycles. The number of nitrogens with one attached hydrogen (secondary N) is 2. The fourth-order valence-electron chi connectivity index (χ4n) is 4.54. The molecule has 12 heteroatoms. The monoisotopic (exact) mass is 471 g/mol. The Hall–Kier alpha value is -3.83. The maximum absolute atomic E-state index is 13.9. The van der Waals surface area contributed by atoms with Gasteiger partial charge in [-0.05, 0) is 43.7 Å². The molecule has 178 valence electrons. The van der Waals surface area contributed by atoms with Crippen LogP contribution in [0.5, 0.6) is 0 Å². The average molecular weight is 471 g/mol. The lowest BCUT2D eigenvalue weighted by Gasteiger charge is -2.45. The summed E-state index contributed by atoms with van der Waals surface area (Å²) in [7, 11) is 1.62. The van der Waals surface area contributed by atoms with E-state index in [-0.39, 0.29) is 18.7 Å². The molecule has 0 radical (unpaired) electrons. The summed E-state index contributed by atoms with van der Waals surface area (Å²) < 4.78 is 43.7. The van der Waals surface area contributed by atoms with Gasteiger partial charge in [0.1, 0.15) is 17.1 Å². The van der Waals surface area contributed by atoms with Crippen LogP contribution < -0.4 is 16.5 Å². The summed E-state index contributed by atoms with van der Waals surface area (Å²) in [5.41, 5.74) is 9.57.